The molecule has 0 fully saturated rings. The molecule has 0 saturated heterocycles. The predicted molar refractivity (Wildman–Crippen MR) is 116 cm³/mol. The van der Waals surface area contributed by atoms with Crippen molar-refractivity contribution in [1.29, 1.82) is 0 Å². The van der Waals surface area contributed by atoms with Gasteiger partial charge in [-0.25, -0.2) is 9.97 Å². The number of anilines is 1. The SMILES string of the molecule is CCOc1ccc(-c2cn3cc(-c4cnc5cc[nH]c5c4)nc(N)c3n2)cc1OC. The molecule has 5 rings (SSSR count). The van der Waals surface area contributed by atoms with Crippen LogP contribution in [0.4, 0.5) is 5.82 Å². The van der Waals surface area contributed by atoms with Gasteiger partial charge < -0.3 is 24.6 Å². The van der Waals surface area contributed by atoms with Crippen LogP contribution in [-0.4, -0.2) is 38.1 Å². The van der Waals surface area contributed by atoms with Crippen molar-refractivity contribution in [2.24, 2.45) is 0 Å². The van der Waals surface area contributed by atoms with E-state index in [2.05, 4.69) is 19.9 Å². The number of fused-ring (bicyclic) bond motifs is 2. The Balaban J connectivity index is 1.58. The minimum Gasteiger partial charge on any atom is -0.493 e. The summed E-state index contributed by atoms with van der Waals surface area (Å²) in [6.45, 7) is 2.50. The summed E-state index contributed by atoms with van der Waals surface area (Å²) in [5.74, 6) is 1.70. The van der Waals surface area contributed by atoms with Crippen molar-refractivity contribution in [2.45, 2.75) is 6.92 Å². The van der Waals surface area contributed by atoms with Crippen molar-refractivity contribution in [1.82, 2.24) is 24.3 Å². The number of hydrogen-bond acceptors (Lipinski definition) is 6. The van der Waals surface area contributed by atoms with Gasteiger partial charge in [0.2, 0.25) is 0 Å². The second-order valence-electron chi connectivity index (χ2n) is 6.80. The first-order chi connectivity index (χ1) is 14.7. The maximum atomic E-state index is 6.23. The standard InChI is InChI=1S/C22H20N6O2/c1-3-30-19-5-4-13(9-20(19)29-2)17-11-28-12-18(26-21(23)22(28)27-17)14-8-16-15(25-10-14)6-7-24-16/h4-12,24H,3H2,1-2H3,(H2,23,26). The van der Waals surface area contributed by atoms with Crippen LogP contribution < -0.4 is 15.2 Å². The number of aromatic nitrogens is 5. The lowest BCUT2D eigenvalue weighted by molar-refractivity contribution is 0.311. The zero-order chi connectivity index (χ0) is 20.7. The third-order valence-corrected chi connectivity index (χ3v) is 4.92. The van der Waals surface area contributed by atoms with Gasteiger partial charge in [-0.15, -0.1) is 0 Å². The Morgan fingerprint density at radius 3 is 2.67 bits per heavy atom. The first-order valence-electron chi connectivity index (χ1n) is 9.56. The Kier molecular flexibility index (Phi) is 4.24. The van der Waals surface area contributed by atoms with E-state index in [-0.39, 0.29) is 0 Å². The van der Waals surface area contributed by atoms with Crippen LogP contribution >= 0.6 is 0 Å². The molecule has 0 aliphatic carbocycles. The summed E-state index contributed by atoms with van der Waals surface area (Å²) in [4.78, 5) is 16.8. The molecule has 4 aromatic heterocycles. The third-order valence-electron chi connectivity index (χ3n) is 4.92. The van der Waals surface area contributed by atoms with Gasteiger partial charge in [0, 0.05) is 35.9 Å². The molecule has 8 nitrogen and oxygen atoms in total. The zero-order valence-electron chi connectivity index (χ0n) is 16.6. The molecule has 0 unspecified atom stereocenters. The molecule has 30 heavy (non-hydrogen) atoms. The van der Waals surface area contributed by atoms with Gasteiger partial charge in [-0.05, 0) is 37.3 Å². The van der Waals surface area contributed by atoms with Gasteiger partial charge in [0.05, 0.1) is 36.1 Å². The van der Waals surface area contributed by atoms with Crippen molar-refractivity contribution in [3.8, 4) is 34.0 Å². The van der Waals surface area contributed by atoms with E-state index in [9.17, 15) is 0 Å². The molecule has 8 heteroatoms. The summed E-state index contributed by atoms with van der Waals surface area (Å²) >= 11 is 0. The largest absolute Gasteiger partial charge is 0.493 e. The predicted octanol–water partition coefficient (Wildman–Crippen LogP) is 3.93. The van der Waals surface area contributed by atoms with Crippen molar-refractivity contribution >= 4 is 22.5 Å². The van der Waals surface area contributed by atoms with Crippen molar-refractivity contribution in [3.05, 3.63) is 55.1 Å². The normalized spacial score (nSPS) is 11.3. The summed E-state index contributed by atoms with van der Waals surface area (Å²) in [6.07, 6.45) is 7.48. The van der Waals surface area contributed by atoms with E-state index in [0.29, 0.717) is 29.6 Å². The summed E-state index contributed by atoms with van der Waals surface area (Å²) in [5.41, 5.74) is 11.9. The zero-order valence-corrected chi connectivity index (χ0v) is 16.6. The van der Waals surface area contributed by atoms with Crippen LogP contribution in [-0.2, 0) is 0 Å². The van der Waals surface area contributed by atoms with Crippen LogP contribution in [0.3, 0.4) is 0 Å². The fraction of sp³-hybridized carbons (Fsp3) is 0.136. The number of nitrogen functional groups attached to an aromatic ring is 1. The van der Waals surface area contributed by atoms with Crippen molar-refractivity contribution in [3.63, 3.8) is 0 Å². The Morgan fingerprint density at radius 1 is 1.03 bits per heavy atom. The van der Waals surface area contributed by atoms with Crippen LogP contribution in [0.25, 0.3) is 39.2 Å². The number of ether oxygens (including phenoxy) is 2. The number of aromatic amines is 1. The van der Waals surface area contributed by atoms with E-state index in [4.69, 9.17) is 15.2 Å². The van der Waals surface area contributed by atoms with Crippen LogP contribution in [0.15, 0.2) is 55.1 Å². The molecule has 0 saturated carbocycles. The monoisotopic (exact) mass is 400 g/mol. The quantitative estimate of drug-likeness (QED) is 0.463. The second-order valence-corrected chi connectivity index (χ2v) is 6.80. The molecule has 0 aliphatic rings. The number of nitrogens with zero attached hydrogens (tertiary/aromatic N) is 4. The number of pyridine rings is 1. The Bertz CT molecular complexity index is 1370. The number of nitrogens with one attached hydrogen (secondary N) is 1. The van der Waals surface area contributed by atoms with Gasteiger partial charge in [0.25, 0.3) is 0 Å². The highest BCUT2D eigenvalue weighted by molar-refractivity contribution is 5.80. The molecule has 0 amide bonds. The van der Waals surface area contributed by atoms with E-state index in [0.717, 1.165) is 33.5 Å². The Labute approximate surface area is 172 Å². The molecule has 3 N–H and O–H groups in total. The molecular formula is C22H20N6O2. The van der Waals surface area contributed by atoms with Gasteiger partial charge >= 0.3 is 0 Å². The topological polar surface area (TPSA) is 103 Å². The molecular weight excluding hydrogens is 380 g/mol. The number of benzene rings is 1. The van der Waals surface area contributed by atoms with Gasteiger partial charge in [-0.1, -0.05) is 0 Å². The number of rotatable bonds is 5. The van der Waals surface area contributed by atoms with Crippen LogP contribution in [0, 0.1) is 0 Å². The molecule has 5 aromatic rings. The average molecular weight is 400 g/mol. The fourth-order valence-electron chi connectivity index (χ4n) is 3.48. The highest BCUT2D eigenvalue weighted by Crippen LogP contribution is 2.33. The number of imidazole rings is 1. The van der Waals surface area contributed by atoms with Crippen molar-refractivity contribution < 1.29 is 9.47 Å². The van der Waals surface area contributed by atoms with E-state index in [1.54, 1.807) is 13.3 Å². The summed E-state index contributed by atoms with van der Waals surface area (Å²) < 4.78 is 12.9. The van der Waals surface area contributed by atoms with E-state index in [1.165, 1.54) is 0 Å². The van der Waals surface area contributed by atoms with Gasteiger partial charge in [-0.2, -0.15) is 0 Å². The minimum atomic E-state index is 0.350. The van der Waals surface area contributed by atoms with Crippen LogP contribution in [0.1, 0.15) is 6.92 Å². The first kappa shape index (κ1) is 18.0. The number of H-pyrrole nitrogens is 1. The lowest BCUT2D eigenvalue weighted by Gasteiger charge is -2.09. The highest BCUT2D eigenvalue weighted by atomic mass is 16.5. The average Bonchev–Trinajstić information content (AvgIpc) is 3.40. The van der Waals surface area contributed by atoms with Crippen molar-refractivity contribution in [2.75, 3.05) is 19.5 Å². The maximum absolute atomic E-state index is 6.23. The fourth-order valence-corrected chi connectivity index (χ4v) is 3.48. The molecule has 4 heterocycles. The van der Waals surface area contributed by atoms with E-state index >= 15 is 0 Å². The minimum absolute atomic E-state index is 0.350. The molecule has 0 aliphatic heterocycles. The van der Waals surface area contributed by atoms with E-state index < -0.39 is 0 Å². The summed E-state index contributed by atoms with van der Waals surface area (Å²) in [5, 5.41) is 0. The molecule has 1 aromatic carbocycles. The summed E-state index contributed by atoms with van der Waals surface area (Å²) in [6, 6.07) is 9.66. The lowest BCUT2D eigenvalue weighted by Crippen LogP contribution is -1.98. The summed E-state index contributed by atoms with van der Waals surface area (Å²) in [7, 11) is 1.62. The molecule has 0 atom stereocenters. The van der Waals surface area contributed by atoms with Gasteiger partial charge in [0.1, 0.15) is 0 Å². The number of nitrogens with two attached hydrogens (primary N) is 1. The Hall–Kier alpha value is -4.07. The maximum Gasteiger partial charge on any atom is 0.180 e. The number of hydrogen-bond donors (Lipinski definition) is 2. The Morgan fingerprint density at radius 2 is 1.87 bits per heavy atom. The van der Waals surface area contributed by atoms with Gasteiger partial charge in [-0.3, -0.25) is 4.98 Å². The smallest absolute Gasteiger partial charge is 0.180 e. The molecule has 150 valence electrons. The molecule has 0 spiro atoms. The van der Waals surface area contributed by atoms with Crippen LogP contribution in [0.5, 0.6) is 11.5 Å². The first-order valence-corrected chi connectivity index (χ1v) is 9.56. The van der Waals surface area contributed by atoms with Gasteiger partial charge in [0.15, 0.2) is 23.0 Å². The molecule has 0 radical (unpaired) electrons. The molecule has 0 bridgehead atoms. The third kappa shape index (κ3) is 2.98. The number of methoxy groups -OCH3 is 1. The van der Waals surface area contributed by atoms with Crippen LogP contribution in [0.2, 0.25) is 0 Å². The highest BCUT2D eigenvalue weighted by Gasteiger charge is 2.13. The van der Waals surface area contributed by atoms with E-state index in [1.807, 2.05) is 60.2 Å². The lowest BCUT2D eigenvalue weighted by atomic mass is 10.1. The second kappa shape index (κ2) is 7.07.